The maximum absolute atomic E-state index is 2.32. The van der Waals surface area contributed by atoms with Crippen molar-refractivity contribution >= 4 is 47.6 Å². The first kappa shape index (κ1) is 43.4. The summed E-state index contributed by atoms with van der Waals surface area (Å²) in [7, 11) is 0. The molecule has 8 aromatic carbocycles. The molecule has 0 aromatic heterocycles. The van der Waals surface area contributed by atoms with Crippen molar-refractivity contribution in [3.63, 3.8) is 0 Å². The van der Waals surface area contributed by atoms with Crippen LogP contribution >= 0.6 is 0 Å². The van der Waals surface area contributed by atoms with Gasteiger partial charge in [-0.2, -0.15) is 0 Å². The fraction of sp³-hybridized carbons (Fsp3) is 0.125. The third-order valence-corrected chi connectivity index (χ3v) is 13.3. The average Bonchev–Trinajstić information content (AvgIpc) is 3.34. The van der Waals surface area contributed by atoms with Gasteiger partial charge in [0, 0.05) is 0 Å². The van der Waals surface area contributed by atoms with Crippen LogP contribution in [0, 0.1) is 55.4 Å². The highest BCUT2D eigenvalue weighted by atomic mass is 14.3. The lowest BCUT2D eigenvalue weighted by Crippen LogP contribution is -2.05. The zero-order chi connectivity index (χ0) is 44.7. The molecule has 0 fully saturated rings. The highest BCUT2D eigenvalue weighted by molar-refractivity contribution is 5.93. The SMILES string of the molecule is Cc1c(C)c(-c2c(C)c(C)c(C=Cc3ccc(C=C(c4ccccc4)c4ccccc4)cc3)c(C)c2C)c(C)c(C)c1C=Cc1ccc(C=C(c2ccccc2)c2ccccc2)cc1. The van der Waals surface area contributed by atoms with Crippen LogP contribution in [-0.4, -0.2) is 0 Å². The molecule has 0 saturated carbocycles. The molecule has 0 saturated heterocycles. The highest BCUT2D eigenvalue weighted by Crippen LogP contribution is 2.42. The predicted octanol–water partition coefficient (Wildman–Crippen LogP) is 17.3. The standard InChI is InChI=1S/C64H58/c1-43-47(5)63(48(6)44(2)59(43)39-37-51-29-33-53(34-30-51)41-61(55-21-13-9-14-22-55)56-23-15-10-16-24-56)64-49(7)45(3)60(46(4)50(64)8)40-38-52-31-35-54(36-32-52)42-62(57-25-17-11-18-26-57)58-27-19-12-20-28-58/h9-42H,1-8H3. The van der Waals surface area contributed by atoms with Gasteiger partial charge in [-0.25, -0.2) is 0 Å². The Morgan fingerprint density at radius 3 is 0.734 bits per heavy atom. The van der Waals surface area contributed by atoms with Crippen molar-refractivity contribution in [2.45, 2.75) is 55.4 Å². The van der Waals surface area contributed by atoms with Gasteiger partial charge in [0.2, 0.25) is 0 Å². The highest BCUT2D eigenvalue weighted by Gasteiger charge is 2.21. The summed E-state index contributed by atoms with van der Waals surface area (Å²) in [6.07, 6.45) is 13.7. The lowest BCUT2D eigenvalue weighted by molar-refractivity contribution is 1.19. The van der Waals surface area contributed by atoms with Gasteiger partial charge in [-0.15, -0.1) is 0 Å². The summed E-state index contributed by atoms with van der Waals surface area (Å²) in [5, 5.41) is 0. The van der Waals surface area contributed by atoms with Crippen LogP contribution in [0.2, 0.25) is 0 Å². The van der Waals surface area contributed by atoms with Crippen LogP contribution in [0.1, 0.15) is 100 Å². The molecule has 314 valence electrons. The predicted molar refractivity (Wildman–Crippen MR) is 280 cm³/mol. The van der Waals surface area contributed by atoms with Crippen LogP contribution in [0.5, 0.6) is 0 Å². The largest absolute Gasteiger partial charge is 0.0622 e. The Bertz CT molecular complexity index is 2680. The normalized spacial score (nSPS) is 11.3. The van der Waals surface area contributed by atoms with E-state index in [4.69, 9.17) is 0 Å². The molecule has 0 spiro atoms. The molecule has 0 amide bonds. The first-order chi connectivity index (χ1) is 31.1. The molecule has 8 aromatic rings. The van der Waals surface area contributed by atoms with Gasteiger partial charge in [0.1, 0.15) is 0 Å². The van der Waals surface area contributed by atoms with E-state index in [1.807, 2.05) is 0 Å². The van der Waals surface area contributed by atoms with Gasteiger partial charge in [-0.05, 0) is 190 Å². The van der Waals surface area contributed by atoms with E-state index in [9.17, 15) is 0 Å². The van der Waals surface area contributed by atoms with Gasteiger partial charge in [0.15, 0.2) is 0 Å². The summed E-state index contributed by atoms with van der Waals surface area (Å²) in [6, 6.07) is 60.4. The van der Waals surface area contributed by atoms with Crippen molar-refractivity contribution in [1.82, 2.24) is 0 Å². The van der Waals surface area contributed by atoms with Gasteiger partial charge in [-0.3, -0.25) is 0 Å². The van der Waals surface area contributed by atoms with Crippen LogP contribution in [-0.2, 0) is 0 Å². The first-order valence-electron chi connectivity index (χ1n) is 22.5. The van der Waals surface area contributed by atoms with Crippen molar-refractivity contribution in [1.29, 1.82) is 0 Å². The summed E-state index contributed by atoms with van der Waals surface area (Å²) in [4.78, 5) is 0. The van der Waals surface area contributed by atoms with Gasteiger partial charge < -0.3 is 0 Å². The Morgan fingerprint density at radius 1 is 0.250 bits per heavy atom. The molecule has 0 heteroatoms. The maximum atomic E-state index is 2.32. The van der Waals surface area contributed by atoms with Crippen LogP contribution < -0.4 is 0 Å². The van der Waals surface area contributed by atoms with E-state index < -0.39 is 0 Å². The molecule has 8 rings (SSSR count). The molecule has 0 unspecified atom stereocenters. The second-order valence-electron chi connectivity index (χ2n) is 17.2. The molecule has 0 N–H and O–H groups in total. The van der Waals surface area contributed by atoms with Gasteiger partial charge in [0.25, 0.3) is 0 Å². The molecule has 0 nitrogen and oxygen atoms in total. The second-order valence-corrected chi connectivity index (χ2v) is 17.2. The Hall–Kier alpha value is -7.28. The van der Waals surface area contributed by atoms with E-state index in [1.165, 1.54) is 122 Å². The molecule has 0 aliphatic rings. The van der Waals surface area contributed by atoms with Crippen LogP contribution in [0.15, 0.2) is 170 Å². The smallest absolute Gasteiger partial charge is 0.0105 e. The molecule has 0 heterocycles. The Morgan fingerprint density at radius 2 is 0.484 bits per heavy atom. The Labute approximate surface area is 382 Å². The van der Waals surface area contributed by atoms with E-state index in [0.717, 1.165) is 0 Å². The lowest BCUT2D eigenvalue weighted by Gasteiger charge is -2.25. The van der Waals surface area contributed by atoms with Crippen molar-refractivity contribution in [2.24, 2.45) is 0 Å². The summed E-state index contributed by atoms with van der Waals surface area (Å²) in [5.74, 6) is 0. The van der Waals surface area contributed by atoms with E-state index in [2.05, 4.69) is 262 Å². The minimum Gasteiger partial charge on any atom is -0.0622 e. The molecule has 64 heavy (non-hydrogen) atoms. The molecule has 0 aliphatic heterocycles. The van der Waals surface area contributed by atoms with Crippen molar-refractivity contribution in [2.75, 3.05) is 0 Å². The topological polar surface area (TPSA) is 0 Å². The average molecular weight is 827 g/mol. The van der Waals surface area contributed by atoms with Crippen LogP contribution in [0.25, 0.3) is 58.7 Å². The molecule has 0 radical (unpaired) electrons. The third-order valence-electron chi connectivity index (χ3n) is 13.3. The van der Waals surface area contributed by atoms with Gasteiger partial charge >= 0.3 is 0 Å². The summed E-state index contributed by atoms with van der Waals surface area (Å²) < 4.78 is 0. The minimum absolute atomic E-state index is 1.18. The Kier molecular flexibility index (Phi) is 13.2. The molecule has 0 aliphatic carbocycles. The number of rotatable bonds is 11. The monoisotopic (exact) mass is 826 g/mol. The second kappa shape index (κ2) is 19.4. The fourth-order valence-corrected chi connectivity index (χ4v) is 9.17. The fourth-order valence-electron chi connectivity index (χ4n) is 9.17. The third kappa shape index (κ3) is 9.24. The van der Waals surface area contributed by atoms with Gasteiger partial charge in [-0.1, -0.05) is 194 Å². The van der Waals surface area contributed by atoms with Crippen molar-refractivity contribution in [3.8, 4) is 11.1 Å². The van der Waals surface area contributed by atoms with E-state index in [1.54, 1.807) is 0 Å². The Balaban J connectivity index is 1.05. The van der Waals surface area contributed by atoms with Gasteiger partial charge in [0.05, 0.1) is 0 Å². The molecule has 0 bridgehead atoms. The molecular formula is C64H58. The lowest BCUT2D eigenvalue weighted by atomic mass is 9.79. The molecule has 0 atom stereocenters. The van der Waals surface area contributed by atoms with E-state index in [-0.39, 0.29) is 0 Å². The quantitative estimate of drug-likeness (QED) is 0.114. The summed E-state index contributed by atoms with van der Waals surface area (Å²) in [5.41, 5.74) is 28.1. The van der Waals surface area contributed by atoms with Crippen LogP contribution in [0.4, 0.5) is 0 Å². The number of hydrogen-bond donors (Lipinski definition) is 0. The number of hydrogen-bond acceptors (Lipinski definition) is 0. The number of benzene rings is 8. The zero-order valence-electron chi connectivity index (χ0n) is 38.6. The van der Waals surface area contributed by atoms with Crippen molar-refractivity contribution < 1.29 is 0 Å². The van der Waals surface area contributed by atoms with E-state index >= 15 is 0 Å². The molecular weight excluding hydrogens is 769 g/mol. The summed E-state index contributed by atoms with van der Waals surface area (Å²) >= 11 is 0. The zero-order valence-corrected chi connectivity index (χ0v) is 38.6. The maximum Gasteiger partial charge on any atom is -0.0105 e. The first-order valence-corrected chi connectivity index (χ1v) is 22.5. The minimum atomic E-state index is 1.18. The van der Waals surface area contributed by atoms with E-state index in [0.29, 0.717) is 0 Å². The van der Waals surface area contributed by atoms with Crippen molar-refractivity contribution in [3.05, 3.63) is 270 Å². The van der Waals surface area contributed by atoms with Crippen LogP contribution in [0.3, 0.4) is 0 Å². The summed E-state index contributed by atoms with van der Waals surface area (Å²) in [6.45, 7) is 18.4.